The van der Waals surface area contributed by atoms with Crippen molar-refractivity contribution in [2.24, 2.45) is 0 Å². The van der Waals surface area contributed by atoms with Crippen LogP contribution in [-0.4, -0.2) is 10.2 Å². The van der Waals surface area contributed by atoms with Gasteiger partial charge in [-0.2, -0.15) is 0 Å². The summed E-state index contributed by atoms with van der Waals surface area (Å²) < 4.78 is 5.65. The highest BCUT2D eigenvalue weighted by molar-refractivity contribution is 5.51. The summed E-state index contributed by atoms with van der Waals surface area (Å²) in [4.78, 5) is 0. The van der Waals surface area contributed by atoms with Gasteiger partial charge in [-0.15, -0.1) is 10.2 Å². The first-order chi connectivity index (χ1) is 10.3. The third kappa shape index (κ3) is 3.55. The molecule has 0 radical (unpaired) electrons. The van der Waals surface area contributed by atoms with E-state index in [-0.39, 0.29) is 0 Å². The minimum atomic E-state index is 0.558. The lowest BCUT2D eigenvalue weighted by molar-refractivity contribution is 0.477. The quantitative estimate of drug-likeness (QED) is 0.778. The summed E-state index contributed by atoms with van der Waals surface area (Å²) in [6.45, 7) is 3.44. The zero-order valence-electron chi connectivity index (χ0n) is 11.9. The van der Waals surface area contributed by atoms with Crippen LogP contribution in [-0.2, 0) is 13.1 Å². The minimum absolute atomic E-state index is 0.558. The van der Waals surface area contributed by atoms with Crippen LogP contribution in [0.5, 0.6) is 0 Å². The molecular weight excluding hydrogens is 262 g/mol. The molecule has 0 fully saturated rings. The fourth-order valence-electron chi connectivity index (χ4n) is 2.16. The smallest absolute Gasteiger partial charge is 0.247 e. The van der Waals surface area contributed by atoms with E-state index < -0.39 is 0 Å². The second-order valence-corrected chi connectivity index (χ2v) is 4.96. The maximum atomic E-state index is 5.65. The Balaban J connectivity index is 1.58. The van der Waals surface area contributed by atoms with Crippen LogP contribution >= 0.6 is 0 Å². The van der Waals surface area contributed by atoms with Crippen molar-refractivity contribution in [1.82, 2.24) is 15.5 Å². The molecule has 0 saturated heterocycles. The van der Waals surface area contributed by atoms with Crippen LogP contribution in [0, 0.1) is 6.92 Å². The first-order valence-electron chi connectivity index (χ1n) is 6.95. The van der Waals surface area contributed by atoms with Crippen molar-refractivity contribution in [3.8, 4) is 11.5 Å². The first-order valence-corrected chi connectivity index (χ1v) is 6.95. The summed E-state index contributed by atoms with van der Waals surface area (Å²) in [6, 6.07) is 18.2. The number of rotatable bonds is 5. The molecule has 0 aliphatic rings. The molecule has 0 saturated carbocycles. The molecule has 0 unspecified atom stereocenters. The fourth-order valence-corrected chi connectivity index (χ4v) is 2.16. The summed E-state index contributed by atoms with van der Waals surface area (Å²) >= 11 is 0. The van der Waals surface area contributed by atoms with Gasteiger partial charge in [-0.25, -0.2) is 0 Å². The zero-order valence-corrected chi connectivity index (χ0v) is 11.9. The second kappa shape index (κ2) is 6.33. The molecule has 4 nitrogen and oxygen atoms in total. The lowest BCUT2D eigenvalue weighted by Gasteiger charge is -2.03. The van der Waals surface area contributed by atoms with Crippen molar-refractivity contribution in [3.63, 3.8) is 0 Å². The van der Waals surface area contributed by atoms with Crippen LogP contribution in [0.1, 0.15) is 17.0 Å². The SMILES string of the molecule is Cc1cccc(CNCc2nnc(-c3ccccc3)o2)c1. The van der Waals surface area contributed by atoms with E-state index in [0.717, 1.165) is 12.1 Å². The first kappa shape index (κ1) is 13.5. The average molecular weight is 279 g/mol. The Hall–Kier alpha value is -2.46. The Kier molecular flexibility index (Phi) is 4.07. The third-order valence-corrected chi connectivity index (χ3v) is 3.18. The highest BCUT2D eigenvalue weighted by Gasteiger charge is 2.07. The van der Waals surface area contributed by atoms with Crippen molar-refractivity contribution < 1.29 is 4.42 Å². The standard InChI is InChI=1S/C17H17N3O/c1-13-6-5-7-14(10-13)11-18-12-16-19-20-17(21-16)15-8-3-2-4-9-15/h2-10,18H,11-12H2,1H3. The Labute approximate surface area is 123 Å². The summed E-state index contributed by atoms with van der Waals surface area (Å²) in [6.07, 6.45) is 0. The number of aryl methyl sites for hydroxylation is 1. The van der Waals surface area contributed by atoms with Crippen molar-refractivity contribution in [3.05, 3.63) is 71.6 Å². The normalized spacial score (nSPS) is 10.7. The van der Waals surface area contributed by atoms with Crippen LogP contribution < -0.4 is 5.32 Å². The van der Waals surface area contributed by atoms with E-state index in [1.54, 1.807) is 0 Å². The highest BCUT2D eigenvalue weighted by Crippen LogP contribution is 2.16. The molecule has 1 N–H and O–H groups in total. The number of nitrogens with one attached hydrogen (secondary N) is 1. The lowest BCUT2D eigenvalue weighted by atomic mass is 10.1. The van der Waals surface area contributed by atoms with E-state index in [0.29, 0.717) is 18.3 Å². The van der Waals surface area contributed by atoms with Gasteiger partial charge < -0.3 is 9.73 Å². The molecule has 0 amide bonds. The van der Waals surface area contributed by atoms with Crippen molar-refractivity contribution in [2.45, 2.75) is 20.0 Å². The van der Waals surface area contributed by atoms with E-state index in [9.17, 15) is 0 Å². The molecule has 21 heavy (non-hydrogen) atoms. The monoisotopic (exact) mass is 279 g/mol. The van der Waals surface area contributed by atoms with Gasteiger partial charge in [-0.3, -0.25) is 0 Å². The molecule has 106 valence electrons. The van der Waals surface area contributed by atoms with Gasteiger partial charge in [0, 0.05) is 12.1 Å². The molecule has 1 heterocycles. The molecule has 3 aromatic rings. The molecule has 4 heteroatoms. The predicted molar refractivity (Wildman–Crippen MR) is 81.5 cm³/mol. The largest absolute Gasteiger partial charge is 0.419 e. The molecule has 0 bridgehead atoms. The summed E-state index contributed by atoms with van der Waals surface area (Å²) in [5, 5.41) is 11.4. The number of hydrogen-bond acceptors (Lipinski definition) is 4. The lowest BCUT2D eigenvalue weighted by Crippen LogP contribution is -2.12. The van der Waals surface area contributed by atoms with Gasteiger partial charge in [0.2, 0.25) is 11.8 Å². The molecule has 1 aromatic heterocycles. The van der Waals surface area contributed by atoms with Crippen LogP contribution in [0.4, 0.5) is 0 Å². The number of aromatic nitrogens is 2. The molecule has 2 aromatic carbocycles. The Morgan fingerprint density at radius 3 is 2.62 bits per heavy atom. The van der Waals surface area contributed by atoms with E-state index in [1.807, 2.05) is 30.3 Å². The van der Waals surface area contributed by atoms with Gasteiger partial charge in [0.05, 0.1) is 6.54 Å². The maximum Gasteiger partial charge on any atom is 0.247 e. The Morgan fingerprint density at radius 2 is 1.81 bits per heavy atom. The Bertz CT molecular complexity index is 707. The summed E-state index contributed by atoms with van der Waals surface area (Å²) in [5.41, 5.74) is 3.45. The zero-order chi connectivity index (χ0) is 14.5. The van der Waals surface area contributed by atoms with Gasteiger partial charge in [0.25, 0.3) is 0 Å². The fraction of sp³-hybridized carbons (Fsp3) is 0.176. The van der Waals surface area contributed by atoms with Gasteiger partial charge in [-0.1, -0.05) is 48.0 Å². The van der Waals surface area contributed by atoms with Gasteiger partial charge in [0.15, 0.2) is 0 Å². The molecular formula is C17H17N3O. The molecule has 0 aliphatic carbocycles. The molecule has 0 atom stereocenters. The summed E-state index contributed by atoms with van der Waals surface area (Å²) in [5.74, 6) is 1.16. The van der Waals surface area contributed by atoms with Crippen LogP contribution in [0.25, 0.3) is 11.5 Å². The van der Waals surface area contributed by atoms with Crippen LogP contribution in [0.15, 0.2) is 59.0 Å². The van der Waals surface area contributed by atoms with Gasteiger partial charge in [-0.05, 0) is 24.6 Å². The van der Waals surface area contributed by atoms with Gasteiger partial charge in [0.1, 0.15) is 0 Å². The predicted octanol–water partition coefficient (Wildman–Crippen LogP) is 3.33. The average Bonchev–Trinajstić information content (AvgIpc) is 2.97. The van der Waals surface area contributed by atoms with Gasteiger partial charge >= 0.3 is 0 Å². The van der Waals surface area contributed by atoms with E-state index in [4.69, 9.17) is 4.42 Å². The minimum Gasteiger partial charge on any atom is -0.419 e. The van der Waals surface area contributed by atoms with Crippen molar-refractivity contribution >= 4 is 0 Å². The van der Waals surface area contributed by atoms with Crippen molar-refractivity contribution in [2.75, 3.05) is 0 Å². The topological polar surface area (TPSA) is 51.0 Å². The highest BCUT2D eigenvalue weighted by atomic mass is 16.4. The van der Waals surface area contributed by atoms with Crippen LogP contribution in [0.3, 0.4) is 0 Å². The maximum absolute atomic E-state index is 5.65. The molecule has 0 spiro atoms. The third-order valence-electron chi connectivity index (χ3n) is 3.18. The molecule has 0 aliphatic heterocycles. The number of nitrogens with zero attached hydrogens (tertiary/aromatic N) is 2. The van der Waals surface area contributed by atoms with E-state index >= 15 is 0 Å². The van der Waals surface area contributed by atoms with Crippen molar-refractivity contribution in [1.29, 1.82) is 0 Å². The molecule has 3 rings (SSSR count). The van der Waals surface area contributed by atoms with Crippen LogP contribution in [0.2, 0.25) is 0 Å². The number of hydrogen-bond donors (Lipinski definition) is 1. The Morgan fingerprint density at radius 1 is 0.952 bits per heavy atom. The summed E-state index contributed by atoms with van der Waals surface area (Å²) in [7, 11) is 0. The van der Waals surface area contributed by atoms with E-state index in [1.165, 1.54) is 11.1 Å². The number of benzene rings is 2. The second-order valence-electron chi connectivity index (χ2n) is 4.96. The van der Waals surface area contributed by atoms with E-state index in [2.05, 4.69) is 46.7 Å².